The Morgan fingerprint density at radius 1 is 0.244 bits per heavy atom. The Morgan fingerprint density at radius 2 is 0.615 bits per heavy atom. The van der Waals surface area contributed by atoms with E-state index in [0.717, 1.165) is 11.4 Å². The highest BCUT2D eigenvalue weighted by Crippen LogP contribution is 2.54. The zero-order chi connectivity index (χ0) is 50.7. The van der Waals surface area contributed by atoms with Crippen molar-refractivity contribution in [2.24, 2.45) is 0 Å². The Bertz CT molecular complexity index is 4570. The average molecular weight is 987 g/mol. The fourth-order valence-corrected chi connectivity index (χ4v) is 14.4. The summed E-state index contributed by atoms with van der Waals surface area (Å²) in [5.74, 6) is 0. The normalized spacial score (nSPS) is 13.3. The van der Waals surface area contributed by atoms with Gasteiger partial charge in [-0.15, -0.1) is 0 Å². The van der Waals surface area contributed by atoms with Crippen molar-refractivity contribution in [2.75, 3.05) is 9.80 Å². The maximum Gasteiger partial charge on any atom is 0.333 e. The summed E-state index contributed by atoms with van der Waals surface area (Å²) in [7, 11) is 0. The van der Waals surface area contributed by atoms with Gasteiger partial charge in [-0.05, 0) is 133 Å². The van der Waals surface area contributed by atoms with Crippen molar-refractivity contribution in [1.82, 2.24) is 8.96 Å². The van der Waals surface area contributed by atoms with E-state index in [1.54, 1.807) is 0 Å². The molecule has 0 spiro atoms. The zero-order valence-corrected chi connectivity index (χ0v) is 42.3. The molecule has 4 aliphatic rings. The van der Waals surface area contributed by atoms with Crippen molar-refractivity contribution in [3.05, 3.63) is 267 Å². The Balaban J connectivity index is 1.04. The number of rotatable bonds is 6. The molecule has 0 fully saturated rings. The predicted octanol–water partition coefficient (Wildman–Crippen LogP) is 15.7. The van der Waals surface area contributed by atoms with E-state index >= 15 is 0 Å². The van der Waals surface area contributed by atoms with E-state index in [9.17, 15) is 0 Å². The van der Waals surface area contributed by atoms with Crippen LogP contribution in [-0.2, 0) is 0 Å². The van der Waals surface area contributed by atoms with Crippen LogP contribution >= 0.6 is 0 Å². The number of para-hydroxylation sites is 2. The summed E-state index contributed by atoms with van der Waals surface area (Å²) in [5, 5.41) is 5.17. The molecule has 6 heteroatoms. The molecule has 0 radical (unpaired) electrons. The second-order valence-corrected chi connectivity index (χ2v) is 21.5. The largest absolute Gasteiger partial charge is 0.375 e. The SMILES string of the molecule is c1ccc(-c2cccc(N3c4cc(-c5ccccc5)ccc4B4c5c3cc3c6c5-c5c7c(cc8c9ccccc9n(c58)B6c5ccc(-c6ccccc6)cc5N3c3cccc(-c5ccccc5)c3)c3ccccc3n74)c2)cc1. The van der Waals surface area contributed by atoms with Gasteiger partial charge in [0.25, 0.3) is 0 Å². The topological polar surface area (TPSA) is 16.3 Å². The van der Waals surface area contributed by atoms with E-state index < -0.39 is 0 Å². The monoisotopic (exact) mass is 986 g/mol. The molecule has 14 aromatic rings. The summed E-state index contributed by atoms with van der Waals surface area (Å²) in [5.41, 5.74) is 29.6. The van der Waals surface area contributed by atoms with Gasteiger partial charge in [-0.2, -0.15) is 0 Å². The molecule has 0 aliphatic carbocycles. The van der Waals surface area contributed by atoms with E-state index in [1.165, 1.54) is 144 Å². The van der Waals surface area contributed by atoms with Gasteiger partial charge in [0.1, 0.15) is 0 Å². The smallest absolute Gasteiger partial charge is 0.333 e. The summed E-state index contributed by atoms with van der Waals surface area (Å²) in [4.78, 5) is 5.25. The van der Waals surface area contributed by atoms with Crippen LogP contribution in [-0.4, -0.2) is 22.7 Å². The first kappa shape index (κ1) is 42.2. The van der Waals surface area contributed by atoms with E-state index in [0.29, 0.717) is 0 Å². The molecule has 0 atom stereocenters. The van der Waals surface area contributed by atoms with Crippen molar-refractivity contribution >= 4 is 113 Å². The molecule has 0 N–H and O–H groups in total. The van der Waals surface area contributed by atoms with Crippen molar-refractivity contribution < 1.29 is 0 Å². The molecule has 0 saturated heterocycles. The lowest BCUT2D eigenvalue weighted by Gasteiger charge is -2.47. The van der Waals surface area contributed by atoms with Gasteiger partial charge in [-0.25, -0.2) is 0 Å². The first-order chi connectivity index (χ1) is 38.7. The van der Waals surface area contributed by atoms with Gasteiger partial charge < -0.3 is 18.8 Å². The Labute approximate surface area is 452 Å². The lowest BCUT2D eigenvalue weighted by atomic mass is 9.39. The summed E-state index contributed by atoms with van der Waals surface area (Å²) >= 11 is 0. The van der Waals surface area contributed by atoms with Crippen molar-refractivity contribution in [3.63, 3.8) is 0 Å². The molecule has 4 nitrogen and oxygen atoms in total. The number of hydrogen-bond donors (Lipinski definition) is 0. The maximum atomic E-state index is 2.74. The van der Waals surface area contributed by atoms with Crippen LogP contribution in [0, 0.1) is 0 Å². The van der Waals surface area contributed by atoms with E-state index in [4.69, 9.17) is 0 Å². The summed E-state index contributed by atoms with van der Waals surface area (Å²) < 4.78 is 5.48. The van der Waals surface area contributed by atoms with Crippen molar-refractivity contribution in [1.29, 1.82) is 0 Å². The minimum Gasteiger partial charge on any atom is -0.375 e. The Hall–Kier alpha value is -10.0. The van der Waals surface area contributed by atoms with Crippen LogP contribution in [0.25, 0.3) is 99.2 Å². The van der Waals surface area contributed by atoms with Gasteiger partial charge in [0.05, 0.1) is 0 Å². The van der Waals surface area contributed by atoms with Gasteiger partial charge in [0.15, 0.2) is 0 Å². The summed E-state index contributed by atoms with van der Waals surface area (Å²) in [6, 6.07) is 100. The van der Waals surface area contributed by atoms with Crippen molar-refractivity contribution in [2.45, 2.75) is 0 Å². The molecule has 78 heavy (non-hydrogen) atoms. The number of nitrogens with zero attached hydrogens (tertiary/aromatic N) is 4. The van der Waals surface area contributed by atoms with Crippen LogP contribution < -0.4 is 31.7 Å². The average Bonchev–Trinajstić information content (AvgIpc) is 2.20. The molecule has 12 aromatic carbocycles. The molecule has 0 saturated carbocycles. The van der Waals surface area contributed by atoms with Crippen LogP contribution in [0.3, 0.4) is 0 Å². The number of fused-ring (bicyclic) bond motifs is 12. The maximum absolute atomic E-state index is 2.74. The minimum atomic E-state index is -0.130. The van der Waals surface area contributed by atoms with Gasteiger partial charge >= 0.3 is 13.7 Å². The van der Waals surface area contributed by atoms with E-state index in [1.807, 2.05) is 0 Å². The third kappa shape index (κ3) is 5.65. The number of anilines is 6. The zero-order valence-electron chi connectivity index (χ0n) is 42.3. The van der Waals surface area contributed by atoms with Gasteiger partial charge in [0, 0.05) is 83.3 Å². The molecule has 4 aliphatic heterocycles. The molecule has 18 rings (SSSR count). The summed E-state index contributed by atoms with van der Waals surface area (Å²) in [6.07, 6.45) is 0. The second kappa shape index (κ2) is 15.8. The molecular formula is C72H44B2N4. The Kier molecular flexibility index (Phi) is 8.53. The minimum absolute atomic E-state index is 0.130. The number of aromatic nitrogens is 2. The molecule has 0 bridgehead atoms. The predicted molar refractivity (Wildman–Crippen MR) is 330 cm³/mol. The quantitative estimate of drug-likeness (QED) is 0.154. The second-order valence-electron chi connectivity index (χ2n) is 21.5. The van der Waals surface area contributed by atoms with Crippen LogP contribution in [0.4, 0.5) is 34.1 Å². The lowest BCUT2D eigenvalue weighted by molar-refractivity contribution is 1.22. The number of benzene rings is 12. The highest BCUT2D eigenvalue weighted by atomic mass is 15.2. The third-order valence-corrected chi connectivity index (χ3v) is 17.6. The summed E-state index contributed by atoms with van der Waals surface area (Å²) in [6.45, 7) is -0.261. The van der Waals surface area contributed by atoms with Crippen molar-refractivity contribution in [3.8, 4) is 55.6 Å². The fourth-order valence-electron chi connectivity index (χ4n) is 14.4. The van der Waals surface area contributed by atoms with Crippen LogP contribution in [0.5, 0.6) is 0 Å². The highest BCUT2D eigenvalue weighted by Gasteiger charge is 2.51. The highest BCUT2D eigenvalue weighted by molar-refractivity contribution is 6.95. The van der Waals surface area contributed by atoms with Gasteiger partial charge in [-0.1, -0.05) is 206 Å². The third-order valence-electron chi connectivity index (χ3n) is 17.6. The molecule has 0 amide bonds. The van der Waals surface area contributed by atoms with E-state index in [2.05, 4.69) is 286 Å². The first-order valence-corrected chi connectivity index (χ1v) is 27.2. The van der Waals surface area contributed by atoms with Crippen LogP contribution in [0.1, 0.15) is 0 Å². The first-order valence-electron chi connectivity index (χ1n) is 27.2. The molecule has 0 unspecified atom stereocenters. The molecular weight excluding hydrogens is 942 g/mol. The molecule has 6 heterocycles. The number of hydrogen-bond acceptors (Lipinski definition) is 2. The van der Waals surface area contributed by atoms with Gasteiger partial charge in [-0.3, -0.25) is 0 Å². The van der Waals surface area contributed by atoms with Gasteiger partial charge in [0.2, 0.25) is 0 Å². The Morgan fingerprint density at radius 3 is 1.04 bits per heavy atom. The van der Waals surface area contributed by atoms with Crippen LogP contribution in [0.15, 0.2) is 267 Å². The molecule has 2 aromatic heterocycles. The van der Waals surface area contributed by atoms with E-state index in [-0.39, 0.29) is 13.7 Å². The standard InChI is InChI=1S/C72H44B2N4/c1-5-19-45(20-6-1)49-27-17-29-53(39-49)75-63-41-51(47-23-9-3-10-24-47)35-37-59(63)73-69-65(75)44-66-70-67(69)68-71-57(55-31-13-15-33-61(55)77(71)73)43-58-56-32-14-16-34-62(56)78(72(58)68)74(70)60-38-36-52(48-25-11-4-12-26-48)42-64(60)76(66)54-30-18-28-50(40-54)46-21-7-2-8-22-46/h1-44H. The molecule has 358 valence electrons. The lowest BCUT2D eigenvalue weighted by Crippen LogP contribution is -2.63. The fraction of sp³-hybridized carbons (Fsp3) is 0. The van der Waals surface area contributed by atoms with Crippen LogP contribution in [0.2, 0.25) is 0 Å².